The molecule has 3 aromatic rings. The van der Waals surface area contributed by atoms with Gasteiger partial charge in [-0.1, -0.05) is 80.6 Å². The van der Waals surface area contributed by atoms with Gasteiger partial charge in [-0.25, -0.2) is 4.79 Å². The Balaban J connectivity index is 1.55. The molecular formula is C29H30NO5P. The maximum atomic E-state index is 14.8. The fourth-order valence-corrected chi connectivity index (χ4v) is 8.37. The molecule has 2 fully saturated rings. The van der Waals surface area contributed by atoms with Crippen LogP contribution in [0.5, 0.6) is 0 Å². The van der Waals surface area contributed by atoms with E-state index in [0.29, 0.717) is 29.1 Å². The third kappa shape index (κ3) is 3.54. The molecule has 2 bridgehead atoms. The molecule has 0 N–H and O–H groups in total. The van der Waals surface area contributed by atoms with Gasteiger partial charge in [-0.15, -0.1) is 0 Å². The van der Waals surface area contributed by atoms with E-state index in [4.69, 9.17) is 9.47 Å². The van der Waals surface area contributed by atoms with Crippen LogP contribution >= 0.6 is 7.14 Å². The van der Waals surface area contributed by atoms with E-state index < -0.39 is 35.6 Å². The van der Waals surface area contributed by atoms with E-state index >= 15 is 0 Å². The van der Waals surface area contributed by atoms with Crippen molar-refractivity contribution in [3.05, 3.63) is 90.8 Å². The lowest BCUT2D eigenvalue weighted by Crippen LogP contribution is -2.49. The number of carbonyl (C=O) groups excluding carboxylic acids is 2. The summed E-state index contributed by atoms with van der Waals surface area (Å²) in [6.07, 6.45) is 1.70. The number of nitrogens with zero attached hydrogens (tertiary/aromatic N) is 1. The number of aromatic nitrogens is 1. The zero-order valence-electron chi connectivity index (χ0n) is 20.7. The number of pyridine rings is 1. The molecule has 2 aliphatic rings. The van der Waals surface area contributed by atoms with Crippen LogP contribution in [0, 0.1) is 10.8 Å². The van der Waals surface area contributed by atoms with Gasteiger partial charge < -0.3 is 14.0 Å². The average Bonchev–Trinajstić information content (AvgIpc) is 3.20. The summed E-state index contributed by atoms with van der Waals surface area (Å²) in [5.74, 6) is -0.977. The third-order valence-corrected chi connectivity index (χ3v) is 11.6. The van der Waals surface area contributed by atoms with E-state index in [9.17, 15) is 14.2 Å². The molecule has 2 aromatic carbocycles. The molecular weight excluding hydrogens is 473 g/mol. The number of ether oxygens (including phenoxy) is 2. The van der Waals surface area contributed by atoms with Crippen LogP contribution in [0.3, 0.4) is 0 Å². The van der Waals surface area contributed by atoms with Crippen LogP contribution in [0.2, 0.25) is 0 Å². The summed E-state index contributed by atoms with van der Waals surface area (Å²) in [4.78, 5) is 31.1. The highest BCUT2D eigenvalue weighted by atomic mass is 31.2. The maximum Gasteiger partial charge on any atom is 0.351 e. The fourth-order valence-electron chi connectivity index (χ4n) is 5.62. The summed E-state index contributed by atoms with van der Waals surface area (Å²) in [6, 6.07) is 23.9. The minimum Gasteiger partial charge on any atom is -0.452 e. The van der Waals surface area contributed by atoms with E-state index in [1.54, 1.807) is 18.3 Å². The summed E-state index contributed by atoms with van der Waals surface area (Å²) >= 11 is 0. The molecule has 1 aliphatic carbocycles. The summed E-state index contributed by atoms with van der Waals surface area (Å²) in [7, 11) is -3.24. The minimum atomic E-state index is -3.24. The monoisotopic (exact) mass is 503 g/mol. The molecule has 1 saturated carbocycles. The molecule has 2 heterocycles. The lowest BCUT2D eigenvalue weighted by atomic mass is 9.66. The molecule has 1 aromatic heterocycles. The predicted octanol–water partition coefficient (Wildman–Crippen LogP) is 4.80. The third-order valence-electron chi connectivity index (χ3n) is 8.45. The van der Waals surface area contributed by atoms with Gasteiger partial charge >= 0.3 is 11.9 Å². The first kappa shape index (κ1) is 24.5. The van der Waals surface area contributed by atoms with Crippen LogP contribution < -0.4 is 10.6 Å². The second kappa shape index (κ2) is 8.70. The SMILES string of the molecule is CC1(C)[C@@]2(C)CC[C@]1(C(=O)O[C@H](CP(=O)(c1ccccc1)c1ccccc1)c1ccccn1)OC2=O. The van der Waals surface area contributed by atoms with Crippen molar-refractivity contribution in [1.29, 1.82) is 0 Å². The number of hydrogen-bond donors (Lipinski definition) is 0. The fraction of sp³-hybridized carbons (Fsp3) is 0.345. The zero-order valence-corrected chi connectivity index (χ0v) is 21.6. The normalized spacial score (nSPS) is 25.2. The van der Waals surface area contributed by atoms with Crippen molar-refractivity contribution in [3.8, 4) is 0 Å². The quantitative estimate of drug-likeness (QED) is 0.340. The highest BCUT2D eigenvalue weighted by molar-refractivity contribution is 7.78. The van der Waals surface area contributed by atoms with Gasteiger partial charge in [0.15, 0.2) is 6.10 Å². The van der Waals surface area contributed by atoms with Gasteiger partial charge in [0, 0.05) is 22.2 Å². The topological polar surface area (TPSA) is 82.6 Å². The molecule has 0 spiro atoms. The molecule has 3 atom stereocenters. The molecule has 5 rings (SSSR count). The molecule has 6 nitrogen and oxygen atoms in total. The predicted molar refractivity (Wildman–Crippen MR) is 138 cm³/mol. The number of benzene rings is 2. The average molecular weight is 504 g/mol. The van der Waals surface area contributed by atoms with Crippen LogP contribution in [0.1, 0.15) is 45.4 Å². The van der Waals surface area contributed by atoms with Crippen molar-refractivity contribution in [2.75, 3.05) is 6.16 Å². The molecule has 0 radical (unpaired) electrons. The number of rotatable bonds is 7. The summed E-state index contributed by atoms with van der Waals surface area (Å²) in [5.41, 5.74) is -2.38. The summed E-state index contributed by atoms with van der Waals surface area (Å²) < 4.78 is 26.7. The number of carbonyl (C=O) groups is 2. The Morgan fingerprint density at radius 3 is 2.00 bits per heavy atom. The molecule has 1 aliphatic heterocycles. The zero-order chi connectivity index (χ0) is 25.6. The Bertz CT molecular complexity index is 1280. The lowest BCUT2D eigenvalue weighted by Gasteiger charge is -2.36. The second-order valence-corrected chi connectivity index (χ2v) is 13.3. The largest absolute Gasteiger partial charge is 0.452 e. The number of esters is 2. The molecule has 36 heavy (non-hydrogen) atoms. The smallest absolute Gasteiger partial charge is 0.351 e. The summed E-state index contributed by atoms with van der Waals surface area (Å²) in [5, 5.41) is 1.35. The van der Waals surface area contributed by atoms with Crippen molar-refractivity contribution in [2.24, 2.45) is 10.8 Å². The molecule has 186 valence electrons. The molecule has 0 unspecified atom stereocenters. The van der Waals surface area contributed by atoms with Gasteiger partial charge in [0.2, 0.25) is 5.60 Å². The van der Waals surface area contributed by atoms with Gasteiger partial charge in [0.1, 0.15) is 7.14 Å². The van der Waals surface area contributed by atoms with Crippen molar-refractivity contribution < 1.29 is 23.6 Å². The Kier molecular flexibility index (Phi) is 5.91. The Hall–Kier alpha value is -3.24. The Morgan fingerprint density at radius 1 is 0.944 bits per heavy atom. The molecule has 1 saturated heterocycles. The standard InChI is InChI=1S/C29H30NO5P/c1-27(2)28(3)17-18-29(27,35-25(28)31)26(32)34-24(23-16-10-11-19-30-23)20-36(33,21-12-6-4-7-13-21)22-14-8-5-9-15-22/h4-16,19,24H,17-18,20H2,1-3H3/t24-,28+,29-/m1/s1. The Labute approximate surface area is 211 Å². The second-order valence-electron chi connectivity index (χ2n) is 10.4. The van der Waals surface area contributed by atoms with Crippen molar-refractivity contribution >= 4 is 29.7 Å². The minimum absolute atomic E-state index is 0.0332. The van der Waals surface area contributed by atoms with E-state index in [-0.39, 0.29) is 12.1 Å². The van der Waals surface area contributed by atoms with E-state index in [1.165, 1.54) is 0 Å². The van der Waals surface area contributed by atoms with E-state index in [0.717, 1.165) is 0 Å². The number of fused-ring (bicyclic) bond motifs is 2. The van der Waals surface area contributed by atoms with Crippen LogP contribution in [0.4, 0.5) is 0 Å². The van der Waals surface area contributed by atoms with Crippen LogP contribution in [0.15, 0.2) is 85.1 Å². The maximum absolute atomic E-state index is 14.8. The van der Waals surface area contributed by atoms with Crippen LogP contribution in [-0.4, -0.2) is 28.7 Å². The van der Waals surface area contributed by atoms with E-state index in [1.807, 2.05) is 87.5 Å². The van der Waals surface area contributed by atoms with Crippen LogP contribution in [0.25, 0.3) is 0 Å². The van der Waals surface area contributed by atoms with Gasteiger partial charge in [-0.3, -0.25) is 9.78 Å². The van der Waals surface area contributed by atoms with Gasteiger partial charge in [0.25, 0.3) is 0 Å². The highest BCUT2D eigenvalue weighted by Gasteiger charge is 2.76. The van der Waals surface area contributed by atoms with Gasteiger partial charge in [-0.2, -0.15) is 0 Å². The van der Waals surface area contributed by atoms with E-state index in [2.05, 4.69) is 4.98 Å². The summed E-state index contributed by atoms with van der Waals surface area (Å²) in [6.45, 7) is 5.63. The molecule has 0 amide bonds. The Morgan fingerprint density at radius 2 is 1.53 bits per heavy atom. The van der Waals surface area contributed by atoms with Crippen molar-refractivity contribution in [3.63, 3.8) is 0 Å². The first-order valence-electron chi connectivity index (χ1n) is 12.2. The lowest BCUT2D eigenvalue weighted by molar-refractivity contribution is -0.186. The van der Waals surface area contributed by atoms with Crippen LogP contribution in [-0.2, 0) is 23.6 Å². The van der Waals surface area contributed by atoms with Gasteiger partial charge in [-0.05, 0) is 31.9 Å². The first-order chi connectivity index (χ1) is 17.1. The number of hydrogen-bond acceptors (Lipinski definition) is 6. The van der Waals surface area contributed by atoms with Crippen molar-refractivity contribution in [2.45, 2.75) is 45.3 Å². The molecule has 7 heteroatoms. The first-order valence-corrected chi connectivity index (χ1v) is 14.1. The van der Waals surface area contributed by atoms with Gasteiger partial charge in [0.05, 0.1) is 17.3 Å². The van der Waals surface area contributed by atoms with Crippen molar-refractivity contribution in [1.82, 2.24) is 4.98 Å². The highest BCUT2D eigenvalue weighted by Crippen LogP contribution is 2.66.